The van der Waals surface area contributed by atoms with Crippen molar-refractivity contribution in [2.24, 2.45) is 0 Å². The number of carbonyl (C=O) groups is 2. The number of carboxylic acid groups (broad SMARTS) is 1. The lowest BCUT2D eigenvalue weighted by Crippen LogP contribution is -2.37. The van der Waals surface area contributed by atoms with Crippen LogP contribution in [-0.4, -0.2) is 67.2 Å². The Bertz CT molecular complexity index is 919. The highest BCUT2D eigenvalue weighted by Gasteiger charge is 2.18. The zero-order chi connectivity index (χ0) is 26.3. The van der Waals surface area contributed by atoms with Crippen molar-refractivity contribution in [1.29, 1.82) is 0 Å². The van der Waals surface area contributed by atoms with Gasteiger partial charge in [-0.05, 0) is 75.6 Å². The molecule has 2 rings (SSSR count). The molecular formula is C27H36FNO7. The van der Waals surface area contributed by atoms with Crippen LogP contribution in [0.4, 0.5) is 9.18 Å². The summed E-state index contributed by atoms with van der Waals surface area (Å²) in [5.41, 5.74) is 0.827. The van der Waals surface area contributed by atoms with Crippen molar-refractivity contribution < 1.29 is 38.0 Å². The van der Waals surface area contributed by atoms with Crippen LogP contribution in [0.1, 0.15) is 39.2 Å². The summed E-state index contributed by atoms with van der Waals surface area (Å²) in [6, 6.07) is 13.0. The first-order chi connectivity index (χ1) is 17.3. The fourth-order valence-electron chi connectivity index (χ4n) is 3.32. The number of hydrogen-bond acceptors (Lipinski definition) is 6. The molecule has 0 aromatic heterocycles. The molecule has 1 atom stereocenters. The Balaban J connectivity index is 1.79. The number of unbranched alkanes of at least 4 members (excludes halogenated alkanes) is 1. The van der Waals surface area contributed by atoms with E-state index in [2.05, 4.69) is 0 Å². The van der Waals surface area contributed by atoms with E-state index in [-0.39, 0.29) is 24.9 Å². The Morgan fingerprint density at radius 3 is 2.11 bits per heavy atom. The number of amides is 1. The summed E-state index contributed by atoms with van der Waals surface area (Å²) in [5, 5.41) is 9.23. The highest BCUT2D eigenvalue weighted by molar-refractivity contribution is 5.72. The number of aliphatic carboxylic acids is 1. The van der Waals surface area contributed by atoms with E-state index in [1.165, 1.54) is 12.1 Å². The normalized spacial score (nSPS) is 11.7. The number of carboxylic acids is 1. The maximum absolute atomic E-state index is 13.0. The van der Waals surface area contributed by atoms with Gasteiger partial charge in [-0.2, -0.15) is 0 Å². The zero-order valence-electron chi connectivity index (χ0n) is 21.2. The largest absolute Gasteiger partial charge is 0.494 e. The summed E-state index contributed by atoms with van der Waals surface area (Å²) >= 11 is 0. The lowest BCUT2D eigenvalue weighted by molar-refractivity contribution is -0.149. The lowest BCUT2D eigenvalue weighted by Gasteiger charge is -2.23. The summed E-state index contributed by atoms with van der Waals surface area (Å²) in [4.78, 5) is 25.4. The van der Waals surface area contributed by atoms with Crippen LogP contribution in [0.2, 0.25) is 0 Å². The number of benzene rings is 2. The van der Waals surface area contributed by atoms with E-state index in [0.29, 0.717) is 50.6 Å². The average molecular weight is 506 g/mol. The maximum atomic E-state index is 13.0. The predicted octanol–water partition coefficient (Wildman–Crippen LogP) is 4.94. The zero-order valence-corrected chi connectivity index (χ0v) is 21.2. The van der Waals surface area contributed by atoms with Crippen LogP contribution >= 0.6 is 0 Å². The number of halogens is 1. The van der Waals surface area contributed by atoms with Gasteiger partial charge in [0.25, 0.3) is 0 Å². The molecule has 1 amide bonds. The molecule has 0 bridgehead atoms. The van der Waals surface area contributed by atoms with E-state index in [1.807, 2.05) is 0 Å². The Morgan fingerprint density at radius 2 is 1.53 bits per heavy atom. The van der Waals surface area contributed by atoms with Crippen molar-refractivity contribution in [2.75, 3.05) is 32.9 Å². The van der Waals surface area contributed by atoms with Crippen LogP contribution in [0.3, 0.4) is 0 Å². The quantitative estimate of drug-likeness (QED) is 0.323. The molecule has 1 unspecified atom stereocenters. The van der Waals surface area contributed by atoms with Gasteiger partial charge < -0.3 is 29.0 Å². The number of ether oxygens (including phenoxy) is 4. The minimum absolute atomic E-state index is 0.235. The first-order valence-electron chi connectivity index (χ1n) is 12.2. The van der Waals surface area contributed by atoms with Crippen LogP contribution < -0.4 is 9.47 Å². The molecule has 8 nitrogen and oxygen atoms in total. The van der Waals surface area contributed by atoms with Crippen molar-refractivity contribution >= 4 is 12.1 Å². The van der Waals surface area contributed by atoms with Gasteiger partial charge in [0.15, 0.2) is 6.10 Å². The first kappa shape index (κ1) is 28.9. The van der Waals surface area contributed by atoms with Gasteiger partial charge in [0, 0.05) is 19.6 Å². The topological polar surface area (TPSA) is 94.5 Å². The van der Waals surface area contributed by atoms with Crippen molar-refractivity contribution in [3.63, 3.8) is 0 Å². The van der Waals surface area contributed by atoms with Crippen LogP contribution in [-0.2, 0) is 20.7 Å². The molecule has 0 aliphatic rings. The van der Waals surface area contributed by atoms with Gasteiger partial charge >= 0.3 is 12.1 Å². The molecule has 0 aliphatic heterocycles. The molecule has 0 aliphatic carbocycles. The second-order valence-electron chi connectivity index (χ2n) is 8.41. The van der Waals surface area contributed by atoms with Crippen molar-refractivity contribution in [2.45, 2.75) is 52.2 Å². The van der Waals surface area contributed by atoms with Crippen molar-refractivity contribution in [3.05, 3.63) is 59.9 Å². The second-order valence-corrected chi connectivity index (χ2v) is 8.41. The smallest absolute Gasteiger partial charge is 0.410 e. The first-order valence-corrected chi connectivity index (χ1v) is 12.2. The molecule has 0 radical (unpaired) electrons. The van der Waals surface area contributed by atoms with Gasteiger partial charge in [-0.3, -0.25) is 0 Å². The third kappa shape index (κ3) is 10.9. The molecule has 36 heavy (non-hydrogen) atoms. The van der Waals surface area contributed by atoms with Crippen molar-refractivity contribution in [1.82, 2.24) is 4.90 Å². The number of carbonyl (C=O) groups excluding carboxylic acids is 1. The Kier molecular flexibility index (Phi) is 12.5. The van der Waals surface area contributed by atoms with Crippen LogP contribution in [0, 0.1) is 5.82 Å². The van der Waals surface area contributed by atoms with E-state index in [1.54, 1.807) is 62.1 Å². The van der Waals surface area contributed by atoms with E-state index in [4.69, 9.17) is 18.9 Å². The SMILES string of the molecule is CCOC(Cc1ccc(OCCN(CCCCOc2ccc(F)cc2)C(=O)OC(C)C)cc1)C(=O)O. The molecule has 198 valence electrons. The number of rotatable bonds is 16. The van der Waals surface area contributed by atoms with Gasteiger partial charge in [-0.25, -0.2) is 14.0 Å². The molecule has 2 aromatic carbocycles. The van der Waals surface area contributed by atoms with Gasteiger partial charge in [0.2, 0.25) is 0 Å². The Hall–Kier alpha value is -3.33. The summed E-state index contributed by atoms with van der Waals surface area (Å²) in [6.07, 6.45) is 0.158. The van der Waals surface area contributed by atoms with Crippen LogP contribution in [0.5, 0.6) is 11.5 Å². The minimum Gasteiger partial charge on any atom is -0.494 e. The summed E-state index contributed by atoms with van der Waals surface area (Å²) in [5.74, 6) is -0.0871. The van der Waals surface area contributed by atoms with E-state index >= 15 is 0 Å². The van der Waals surface area contributed by atoms with E-state index in [0.717, 1.165) is 5.56 Å². The van der Waals surface area contributed by atoms with E-state index in [9.17, 15) is 19.1 Å². The van der Waals surface area contributed by atoms with Gasteiger partial charge in [-0.1, -0.05) is 12.1 Å². The molecule has 2 aromatic rings. The number of nitrogens with zero attached hydrogens (tertiary/aromatic N) is 1. The number of hydrogen-bond donors (Lipinski definition) is 1. The Labute approximate surface area is 211 Å². The molecule has 1 N–H and O–H groups in total. The predicted molar refractivity (Wildman–Crippen MR) is 133 cm³/mol. The summed E-state index contributed by atoms with van der Waals surface area (Å²) < 4.78 is 35.0. The average Bonchev–Trinajstić information content (AvgIpc) is 2.84. The molecule has 0 saturated carbocycles. The molecule has 9 heteroatoms. The van der Waals surface area contributed by atoms with Crippen LogP contribution in [0.15, 0.2) is 48.5 Å². The molecule has 0 heterocycles. The van der Waals surface area contributed by atoms with Crippen molar-refractivity contribution in [3.8, 4) is 11.5 Å². The molecule has 0 spiro atoms. The fourth-order valence-corrected chi connectivity index (χ4v) is 3.32. The Morgan fingerprint density at radius 1 is 0.917 bits per heavy atom. The highest BCUT2D eigenvalue weighted by atomic mass is 19.1. The van der Waals surface area contributed by atoms with E-state index < -0.39 is 18.2 Å². The molecule has 0 saturated heterocycles. The molecule has 0 fully saturated rings. The van der Waals surface area contributed by atoms with Crippen LogP contribution in [0.25, 0.3) is 0 Å². The third-order valence-electron chi connectivity index (χ3n) is 5.12. The summed E-state index contributed by atoms with van der Waals surface area (Å²) in [7, 11) is 0. The minimum atomic E-state index is -0.993. The highest BCUT2D eigenvalue weighted by Crippen LogP contribution is 2.15. The second kappa shape index (κ2) is 15.6. The standard InChI is InChI=1S/C27H36FNO7/c1-4-33-25(26(30)31)19-21-7-11-23(12-8-21)35-18-16-29(27(32)36-20(2)3)15-5-6-17-34-24-13-9-22(28)10-14-24/h7-14,20,25H,4-6,15-19H2,1-3H3,(H,30,31). The maximum Gasteiger partial charge on any atom is 0.410 e. The summed E-state index contributed by atoms with van der Waals surface area (Å²) in [6.45, 7) is 7.23. The monoisotopic (exact) mass is 505 g/mol. The third-order valence-corrected chi connectivity index (χ3v) is 5.12. The van der Waals surface area contributed by atoms with Gasteiger partial charge in [-0.15, -0.1) is 0 Å². The van der Waals surface area contributed by atoms with Gasteiger partial charge in [0.1, 0.15) is 23.9 Å². The fraction of sp³-hybridized carbons (Fsp3) is 0.481. The lowest BCUT2D eigenvalue weighted by atomic mass is 10.1. The molecular weight excluding hydrogens is 469 g/mol. The van der Waals surface area contributed by atoms with Gasteiger partial charge in [0.05, 0.1) is 19.3 Å².